The van der Waals surface area contributed by atoms with Crippen LogP contribution in [0.25, 0.3) is 22.6 Å². The van der Waals surface area contributed by atoms with Gasteiger partial charge < -0.3 is 15.6 Å². The zero-order chi connectivity index (χ0) is 24.4. The Balaban J connectivity index is 1.95. The summed E-state index contributed by atoms with van der Waals surface area (Å²) in [5.41, 5.74) is 6.33. The van der Waals surface area contributed by atoms with E-state index in [2.05, 4.69) is 24.0 Å². The number of H-pyrrole nitrogens is 1. The van der Waals surface area contributed by atoms with Crippen molar-refractivity contribution in [2.24, 2.45) is 0 Å². The van der Waals surface area contributed by atoms with Crippen molar-refractivity contribution in [2.45, 2.75) is 39.7 Å². The molecule has 1 atom stereocenters. The topological polar surface area (TPSA) is 120 Å². The maximum atomic E-state index is 12.4. The molecule has 176 valence electrons. The zero-order valence-corrected chi connectivity index (χ0v) is 20.5. The van der Waals surface area contributed by atoms with Crippen LogP contribution in [-0.2, 0) is 4.79 Å². The maximum absolute atomic E-state index is 12.4. The molecule has 0 bridgehead atoms. The number of aromatic amines is 1. The number of carbonyl (C=O) groups is 1. The lowest BCUT2D eigenvalue weighted by atomic mass is 9.95. The third-order valence-electron chi connectivity index (χ3n) is 5.89. The molecule has 0 aliphatic rings. The fourth-order valence-electron chi connectivity index (χ4n) is 3.84. The van der Waals surface area contributed by atoms with Crippen molar-refractivity contribution < 1.29 is 4.79 Å². The normalized spacial score (nSPS) is 12.4. The Morgan fingerprint density at radius 2 is 1.94 bits per heavy atom. The first kappa shape index (κ1) is 24.2. The van der Waals surface area contributed by atoms with Gasteiger partial charge in [0.15, 0.2) is 0 Å². The molecule has 33 heavy (non-hydrogen) atoms. The molecule has 3 aromatic rings. The average molecular weight is 451 g/mol. The van der Waals surface area contributed by atoms with Gasteiger partial charge in [-0.25, -0.2) is 0 Å². The second-order valence-corrected chi connectivity index (χ2v) is 9.08. The number of rotatable bonds is 7. The van der Waals surface area contributed by atoms with Crippen molar-refractivity contribution in [1.82, 2.24) is 29.7 Å². The smallest absolute Gasteiger partial charge is 0.236 e. The number of likely N-dealkylation sites (N-methyl/N-ethyl adjacent to an activating group) is 2. The Kier molecular flexibility index (Phi) is 7.02. The molecule has 3 rings (SSSR count). The van der Waals surface area contributed by atoms with E-state index in [1.165, 1.54) is 4.68 Å². The zero-order valence-electron chi connectivity index (χ0n) is 20.5. The Morgan fingerprint density at radius 1 is 1.24 bits per heavy atom. The van der Waals surface area contributed by atoms with Crippen molar-refractivity contribution in [3.05, 3.63) is 52.8 Å². The molecule has 0 aromatic carbocycles. The first-order valence-corrected chi connectivity index (χ1v) is 11.0. The molecule has 3 heterocycles. The van der Waals surface area contributed by atoms with E-state index >= 15 is 0 Å². The summed E-state index contributed by atoms with van der Waals surface area (Å²) in [6, 6.07) is 5.80. The number of hydrogen-bond acceptors (Lipinski definition) is 6. The van der Waals surface area contributed by atoms with Gasteiger partial charge in [0, 0.05) is 30.6 Å². The minimum atomic E-state index is -0.0905. The van der Waals surface area contributed by atoms with Crippen LogP contribution in [0.1, 0.15) is 49.4 Å². The lowest BCUT2D eigenvalue weighted by Gasteiger charge is -2.26. The molecule has 0 aliphatic heterocycles. The van der Waals surface area contributed by atoms with Crippen LogP contribution in [0.5, 0.6) is 0 Å². The first-order valence-electron chi connectivity index (χ1n) is 11.0. The quantitative estimate of drug-likeness (QED) is 0.478. The number of nitrogens with two attached hydrogens (primary N) is 1. The molecule has 3 aromatic heterocycles. The lowest BCUT2D eigenvalue weighted by molar-refractivity contribution is -0.132. The van der Waals surface area contributed by atoms with Crippen LogP contribution in [-0.4, -0.2) is 63.3 Å². The van der Waals surface area contributed by atoms with Crippen molar-refractivity contribution >= 4 is 5.91 Å². The number of nitrogens with one attached hydrogen (secondary N) is 2. The Bertz CT molecular complexity index is 1160. The Hall–Kier alpha value is -3.46. The Morgan fingerprint density at radius 3 is 2.48 bits per heavy atom. The number of hydrogen-bond donors (Lipinski definition) is 3. The van der Waals surface area contributed by atoms with E-state index in [1.807, 2.05) is 64.3 Å². The number of amides is 1. The number of nitrogens with zero attached hydrogens (tertiary/aromatic N) is 5. The molecule has 9 heteroatoms. The summed E-state index contributed by atoms with van der Waals surface area (Å²) in [6.45, 7) is 8.45. The van der Waals surface area contributed by atoms with E-state index in [0.29, 0.717) is 6.54 Å². The van der Waals surface area contributed by atoms with Crippen molar-refractivity contribution in [3.63, 3.8) is 0 Å². The molecule has 0 saturated heterocycles. The highest BCUT2D eigenvalue weighted by Crippen LogP contribution is 2.35. The summed E-state index contributed by atoms with van der Waals surface area (Å²) < 4.78 is 1.31. The molecule has 0 radical (unpaired) electrons. The van der Waals surface area contributed by atoms with Gasteiger partial charge >= 0.3 is 0 Å². The first-order chi connectivity index (χ1) is 15.5. The van der Waals surface area contributed by atoms with Gasteiger partial charge in [-0.15, -0.1) is 0 Å². The number of nitrogen functional groups attached to an aromatic ring is 1. The summed E-state index contributed by atoms with van der Waals surface area (Å²) in [4.78, 5) is 20.7. The predicted octanol–water partition coefficient (Wildman–Crippen LogP) is 2.65. The van der Waals surface area contributed by atoms with Crippen LogP contribution >= 0.6 is 0 Å². The van der Waals surface area contributed by atoms with E-state index < -0.39 is 0 Å². The number of pyridine rings is 2. The molecular formula is C24H34N8O. The van der Waals surface area contributed by atoms with Crippen LogP contribution in [0.3, 0.4) is 0 Å². The van der Waals surface area contributed by atoms with Crippen LogP contribution < -0.4 is 11.3 Å². The summed E-state index contributed by atoms with van der Waals surface area (Å²) in [7, 11) is 5.58. The van der Waals surface area contributed by atoms with Crippen molar-refractivity contribution in [3.8, 4) is 22.6 Å². The van der Waals surface area contributed by atoms with E-state index in [0.717, 1.165) is 39.3 Å². The SMILES string of the molecule is Cc1cc(-c2n[nH]c(-c3ccc(C(C)N(C)C(=O)CN(C)C)cn3)c2C(C)C)cn(N)c1=N. The molecule has 0 aliphatic carbocycles. The molecule has 1 amide bonds. The third kappa shape index (κ3) is 4.98. The largest absolute Gasteiger partial charge is 0.338 e. The number of aryl methyl sites for hydroxylation is 1. The standard InChI is InChI=1S/C24H34N8O/c1-14(2)21-22(18-10-15(3)24(25)32(26)12-18)28-29-23(21)19-9-8-17(11-27-19)16(4)31(7)20(33)13-30(5)6/h8-12,14,16,25H,13,26H2,1-7H3,(H,28,29). The van der Waals surface area contributed by atoms with Gasteiger partial charge in [-0.1, -0.05) is 19.9 Å². The van der Waals surface area contributed by atoms with Gasteiger partial charge in [0.1, 0.15) is 5.49 Å². The molecule has 1 unspecified atom stereocenters. The van der Waals surface area contributed by atoms with Gasteiger partial charge in [0.05, 0.1) is 29.7 Å². The number of carbonyl (C=O) groups excluding carboxylic acids is 1. The average Bonchev–Trinajstić information content (AvgIpc) is 3.21. The molecule has 4 N–H and O–H groups in total. The molecule has 0 fully saturated rings. The minimum absolute atomic E-state index is 0.0583. The van der Waals surface area contributed by atoms with E-state index in [9.17, 15) is 4.79 Å². The van der Waals surface area contributed by atoms with Gasteiger partial charge in [-0.05, 0) is 57.1 Å². The van der Waals surface area contributed by atoms with E-state index in [-0.39, 0.29) is 23.4 Å². The second-order valence-electron chi connectivity index (χ2n) is 9.08. The van der Waals surface area contributed by atoms with Gasteiger partial charge in [-0.2, -0.15) is 5.10 Å². The number of aromatic nitrogens is 4. The van der Waals surface area contributed by atoms with Crippen LogP contribution in [0.15, 0.2) is 30.6 Å². The summed E-state index contributed by atoms with van der Waals surface area (Å²) in [5.74, 6) is 6.21. The van der Waals surface area contributed by atoms with Gasteiger partial charge in [-0.3, -0.25) is 25.0 Å². The maximum Gasteiger partial charge on any atom is 0.236 e. The van der Waals surface area contributed by atoms with Crippen molar-refractivity contribution in [2.75, 3.05) is 33.5 Å². The van der Waals surface area contributed by atoms with Crippen LogP contribution in [0, 0.1) is 12.3 Å². The highest BCUT2D eigenvalue weighted by Gasteiger charge is 2.22. The van der Waals surface area contributed by atoms with E-state index in [1.54, 1.807) is 11.1 Å². The van der Waals surface area contributed by atoms with Crippen LogP contribution in [0.4, 0.5) is 0 Å². The minimum Gasteiger partial charge on any atom is -0.338 e. The fraction of sp³-hybridized carbons (Fsp3) is 0.417. The summed E-state index contributed by atoms with van der Waals surface area (Å²) >= 11 is 0. The molecular weight excluding hydrogens is 416 g/mol. The fourth-order valence-corrected chi connectivity index (χ4v) is 3.84. The van der Waals surface area contributed by atoms with E-state index in [4.69, 9.17) is 16.2 Å². The lowest BCUT2D eigenvalue weighted by Crippen LogP contribution is -2.36. The monoisotopic (exact) mass is 450 g/mol. The highest BCUT2D eigenvalue weighted by molar-refractivity contribution is 5.78. The van der Waals surface area contributed by atoms with Gasteiger partial charge in [0.2, 0.25) is 5.91 Å². The third-order valence-corrected chi connectivity index (χ3v) is 5.89. The molecule has 0 spiro atoms. The van der Waals surface area contributed by atoms with Crippen LogP contribution in [0.2, 0.25) is 0 Å². The predicted molar refractivity (Wildman–Crippen MR) is 130 cm³/mol. The molecule has 0 saturated carbocycles. The Labute approximate surface area is 194 Å². The summed E-state index contributed by atoms with van der Waals surface area (Å²) in [5, 5.41) is 15.7. The second kappa shape index (κ2) is 9.58. The molecule has 9 nitrogen and oxygen atoms in total. The summed E-state index contributed by atoms with van der Waals surface area (Å²) in [6.07, 6.45) is 3.54. The van der Waals surface area contributed by atoms with Crippen molar-refractivity contribution in [1.29, 1.82) is 5.41 Å². The highest BCUT2D eigenvalue weighted by atomic mass is 16.2. The van der Waals surface area contributed by atoms with Gasteiger partial charge in [0.25, 0.3) is 0 Å².